The smallest absolute Gasteiger partial charge is 0.0459 e. The minimum absolute atomic E-state index is 0.428. The molecule has 0 aromatic carbocycles. The van der Waals surface area contributed by atoms with Crippen LogP contribution in [0.25, 0.3) is 0 Å². The quantitative estimate of drug-likeness (QED) is 0.482. The first-order valence-electron chi connectivity index (χ1n) is 13.4. The molecule has 4 aliphatic rings. The highest BCUT2D eigenvalue weighted by Gasteiger charge is 2.60. The summed E-state index contributed by atoms with van der Waals surface area (Å²) in [5.74, 6) is 7.26. The summed E-state index contributed by atoms with van der Waals surface area (Å²) in [5, 5.41) is 9.73. The third-order valence-electron chi connectivity index (χ3n) is 11.2. The zero-order valence-corrected chi connectivity index (χ0v) is 20.3. The van der Waals surface area contributed by atoms with E-state index in [-0.39, 0.29) is 0 Å². The lowest BCUT2D eigenvalue weighted by molar-refractivity contribution is -0.123. The van der Waals surface area contributed by atoms with Crippen LogP contribution in [-0.2, 0) is 0 Å². The second kappa shape index (κ2) is 8.48. The zero-order valence-electron chi connectivity index (χ0n) is 20.3. The molecule has 0 aliphatic heterocycles. The highest BCUT2D eigenvalue weighted by molar-refractivity contribution is 5.09. The van der Waals surface area contributed by atoms with Crippen molar-refractivity contribution in [3.63, 3.8) is 0 Å². The first kappa shape index (κ1) is 22.2. The fourth-order valence-corrected chi connectivity index (χ4v) is 9.54. The molecule has 0 saturated heterocycles. The van der Waals surface area contributed by atoms with Crippen LogP contribution < -0.4 is 0 Å². The number of rotatable bonds is 6. The molecular formula is C28H50O. The summed E-state index contributed by atoms with van der Waals surface area (Å²) in [5.41, 5.74) is 1.21. The summed E-state index contributed by atoms with van der Waals surface area (Å²) in [4.78, 5) is 0. The van der Waals surface area contributed by atoms with Crippen molar-refractivity contribution in [3.8, 4) is 0 Å². The molecule has 1 N–H and O–H groups in total. The Morgan fingerprint density at radius 3 is 2.28 bits per heavy atom. The van der Waals surface area contributed by atoms with E-state index < -0.39 is 0 Å². The summed E-state index contributed by atoms with van der Waals surface area (Å²) in [6, 6.07) is 0. The van der Waals surface area contributed by atoms with Crippen LogP contribution in [0.2, 0.25) is 0 Å². The fourth-order valence-electron chi connectivity index (χ4n) is 9.54. The molecule has 0 heterocycles. The Labute approximate surface area is 181 Å². The van der Waals surface area contributed by atoms with Gasteiger partial charge in [-0.1, -0.05) is 53.9 Å². The average molecular weight is 403 g/mol. The summed E-state index contributed by atoms with van der Waals surface area (Å²) < 4.78 is 0. The van der Waals surface area contributed by atoms with Crippen molar-refractivity contribution in [1.29, 1.82) is 0 Å². The Kier molecular flexibility index (Phi) is 6.48. The average Bonchev–Trinajstić information content (AvgIpc) is 3.04. The third kappa shape index (κ3) is 3.85. The van der Waals surface area contributed by atoms with Crippen molar-refractivity contribution in [2.45, 2.75) is 112 Å². The Morgan fingerprint density at radius 1 is 0.828 bits per heavy atom. The molecule has 0 bridgehead atoms. The second-order valence-corrected chi connectivity index (χ2v) is 13.0. The number of aliphatic hydroxyl groups excluding tert-OH is 1. The maximum atomic E-state index is 9.73. The van der Waals surface area contributed by atoms with Crippen molar-refractivity contribution >= 4 is 0 Å². The van der Waals surface area contributed by atoms with Gasteiger partial charge in [-0.3, -0.25) is 0 Å². The van der Waals surface area contributed by atoms with E-state index in [4.69, 9.17) is 0 Å². The van der Waals surface area contributed by atoms with Gasteiger partial charge in [0.1, 0.15) is 0 Å². The van der Waals surface area contributed by atoms with Crippen LogP contribution in [0.3, 0.4) is 0 Å². The van der Waals surface area contributed by atoms with Gasteiger partial charge >= 0.3 is 0 Å². The normalized spacial score (nSPS) is 48.1. The van der Waals surface area contributed by atoms with Gasteiger partial charge in [-0.15, -0.1) is 0 Å². The molecule has 168 valence electrons. The molecule has 0 radical (unpaired) electrons. The molecule has 4 saturated carbocycles. The minimum Gasteiger partial charge on any atom is -0.396 e. The highest BCUT2D eigenvalue weighted by atomic mass is 16.3. The van der Waals surface area contributed by atoms with Crippen LogP contribution in [0.1, 0.15) is 112 Å². The van der Waals surface area contributed by atoms with Crippen molar-refractivity contribution in [1.82, 2.24) is 0 Å². The predicted molar refractivity (Wildman–Crippen MR) is 124 cm³/mol. The number of hydrogen-bond acceptors (Lipinski definition) is 1. The van der Waals surface area contributed by atoms with Crippen LogP contribution in [0.5, 0.6) is 0 Å². The van der Waals surface area contributed by atoms with Crippen molar-refractivity contribution < 1.29 is 5.11 Å². The van der Waals surface area contributed by atoms with Crippen LogP contribution in [-0.4, -0.2) is 11.7 Å². The first-order chi connectivity index (χ1) is 13.8. The molecule has 29 heavy (non-hydrogen) atoms. The predicted octanol–water partition coefficient (Wildman–Crippen LogP) is 7.72. The van der Waals surface area contributed by atoms with Gasteiger partial charge in [-0.05, 0) is 116 Å². The first-order valence-corrected chi connectivity index (χ1v) is 13.4. The molecule has 0 aromatic rings. The van der Waals surface area contributed by atoms with Gasteiger partial charge in [0.15, 0.2) is 0 Å². The Morgan fingerprint density at radius 2 is 1.55 bits per heavy atom. The van der Waals surface area contributed by atoms with E-state index in [0.717, 1.165) is 41.4 Å². The van der Waals surface area contributed by atoms with Crippen LogP contribution >= 0.6 is 0 Å². The van der Waals surface area contributed by atoms with Gasteiger partial charge in [-0.25, -0.2) is 0 Å². The largest absolute Gasteiger partial charge is 0.396 e. The van der Waals surface area contributed by atoms with E-state index in [1.54, 1.807) is 0 Å². The minimum atomic E-state index is 0.428. The SMILES string of the molecule is CC(C)CCC[C@@H](C)[C@H]1CCC2C3CC[C@H]4C[C@@H](CO)CC[C@]4(C)C3CC[C@@]21C. The fraction of sp³-hybridized carbons (Fsp3) is 1.00. The lowest BCUT2D eigenvalue weighted by Crippen LogP contribution is -2.53. The van der Waals surface area contributed by atoms with Crippen molar-refractivity contribution in [3.05, 3.63) is 0 Å². The molecule has 1 heteroatoms. The summed E-state index contributed by atoms with van der Waals surface area (Å²) in [6.45, 7) is 13.2. The maximum Gasteiger partial charge on any atom is 0.0459 e. The number of fused-ring (bicyclic) bond motifs is 5. The van der Waals surface area contributed by atoms with Gasteiger partial charge in [-0.2, -0.15) is 0 Å². The highest BCUT2D eigenvalue weighted by Crippen LogP contribution is 2.68. The van der Waals surface area contributed by atoms with Gasteiger partial charge in [0.05, 0.1) is 0 Å². The molecule has 4 fully saturated rings. The van der Waals surface area contributed by atoms with Crippen LogP contribution in [0.15, 0.2) is 0 Å². The Hall–Kier alpha value is -0.0400. The molecule has 1 nitrogen and oxygen atoms in total. The Bertz CT molecular complexity index is 555. The van der Waals surface area contributed by atoms with Crippen molar-refractivity contribution in [2.24, 2.45) is 58.2 Å². The molecule has 9 atom stereocenters. The molecule has 0 spiro atoms. The van der Waals surface area contributed by atoms with E-state index >= 15 is 0 Å². The lowest BCUT2D eigenvalue weighted by Gasteiger charge is -2.61. The summed E-state index contributed by atoms with van der Waals surface area (Å²) in [6.07, 6.45) is 17.3. The number of aliphatic hydroxyl groups is 1. The third-order valence-corrected chi connectivity index (χ3v) is 11.2. The molecule has 3 unspecified atom stereocenters. The van der Waals surface area contributed by atoms with Gasteiger partial charge in [0.2, 0.25) is 0 Å². The molecule has 0 aromatic heterocycles. The van der Waals surface area contributed by atoms with Gasteiger partial charge in [0, 0.05) is 6.61 Å². The van der Waals surface area contributed by atoms with E-state index in [1.165, 1.54) is 77.0 Å². The molecule has 4 rings (SSSR count). The van der Waals surface area contributed by atoms with Crippen LogP contribution in [0.4, 0.5) is 0 Å². The number of hydrogen-bond donors (Lipinski definition) is 1. The molecule has 4 aliphatic carbocycles. The van der Waals surface area contributed by atoms with E-state index in [1.807, 2.05) is 0 Å². The summed E-state index contributed by atoms with van der Waals surface area (Å²) >= 11 is 0. The van der Waals surface area contributed by atoms with E-state index in [2.05, 4.69) is 34.6 Å². The van der Waals surface area contributed by atoms with Gasteiger partial charge in [0.25, 0.3) is 0 Å². The van der Waals surface area contributed by atoms with Crippen molar-refractivity contribution in [2.75, 3.05) is 6.61 Å². The standard InChI is InChI=1S/C28H50O/c1-19(2)7-6-8-20(3)24-11-12-25-23-10-9-22-17-21(18-29)13-15-27(22,4)26(23)14-16-28(24,25)5/h19-26,29H,6-18H2,1-5H3/t20-,21+,22+,23?,24-,25?,26?,27+,28-/m1/s1. The molecular weight excluding hydrogens is 352 g/mol. The van der Waals surface area contributed by atoms with E-state index in [0.29, 0.717) is 23.4 Å². The van der Waals surface area contributed by atoms with Gasteiger partial charge < -0.3 is 5.11 Å². The monoisotopic (exact) mass is 402 g/mol. The second-order valence-electron chi connectivity index (χ2n) is 13.0. The Balaban J connectivity index is 1.45. The lowest BCUT2D eigenvalue weighted by atomic mass is 9.44. The van der Waals surface area contributed by atoms with E-state index in [9.17, 15) is 5.11 Å². The zero-order chi connectivity index (χ0) is 20.8. The topological polar surface area (TPSA) is 20.2 Å². The van der Waals surface area contributed by atoms with Crippen LogP contribution in [0, 0.1) is 58.2 Å². The maximum absolute atomic E-state index is 9.73. The molecule has 0 amide bonds. The summed E-state index contributed by atoms with van der Waals surface area (Å²) in [7, 11) is 0.